The van der Waals surface area contributed by atoms with Crippen molar-refractivity contribution < 1.29 is 0 Å². The number of hydrogen-bond donors (Lipinski definition) is 0. The van der Waals surface area contributed by atoms with Crippen LogP contribution in [0.1, 0.15) is 0 Å². The van der Waals surface area contributed by atoms with Crippen molar-refractivity contribution in [1.29, 1.82) is 0 Å². The maximum atomic E-state index is 3.47. The topological polar surface area (TPSA) is 0 Å². The summed E-state index contributed by atoms with van der Waals surface area (Å²) in [5.74, 6) is 0. The van der Waals surface area contributed by atoms with Gasteiger partial charge in [0.05, 0.1) is 0 Å². The van der Waals surface area contributed by atoms with Gasteiger partial charge in [-0.1, -0.05) is 223 Å². The molecule has 6 aliphatic heterocycles. The van der Waals surface area contributed by atoms with E-state index in [1.165, 1.54) is 0 Å². The zero-order valence-corrected chi connectivity index (χ0v) is 64.0. The van der Waals surface area contributed by atoms with E-state index >= 15 is 0 Å². The van der Waals surface area contributed by atoms with Gasteiger partial charge in [-0.3, -0.25) is 0 Å². The molecule has 0 aromatic heterocycles. The molecule has 6 heterocycles. The van der Waals surface area contributed by atoms with E-state index in [0.29, 0.717) is 0 Å². The normalized spacial score (nSPS) is 41.0. The zero-order valence-electron chi connectivity index (χ0n) is 44.0. The maximum Gasteiger partial charge on any atom is 0.0306 e. The van der Waals surface area contributed by atoms with Gasteiger partial charge in [0.1, 0.15) is 0 Å². The predicted molar refractivity (Wildman–Crippen MR) is 314 cm³/mol. The highest BCUT2D eigenvalue weighted by Gasteiger charge is 3.02. The lowest BCUT2D eigenvalue weighted by Crippen LogP contribution is -3.28. The van der Waals surface area contributed by atoms with Gasteiger partial charge in [0, 0.05) is 139 Å². The van der Waals surface area contributed by atoms with Crippen LogP contribution in [-0.4, -0.2) is 139 Å². The van der Waals surface area contributed by atoms with E-state index in [1.54, 1.807) is 0 Å². The third kappa shape index (κ3) is 3.86. The summed E-state index contributed by atoms with van der Waals surface area (Å²) in [5, 5.41) is 0. The first-order valence-electron chi connectivity index (χ1n) is 22.8. The van der Waals surface area contributed by atoms with Crippen molar-refractivity contribution in [3.63, 3.8) is 0 Å². The first-order chi connectivity index (χ1) is 22.8. The van der Waals surface area contributed by atoms with Crippen LogP contribution < -0.4 is 0 Å². The number of hydrogen-bond acceptors (Lipinski definition) is 0. The molecule has 0 aromatic rings. The van der Waals surface area contributed by atoms with Gasteiger partial charge >= 0.3 is 0 Å². The van der Waals surface area contributed by atoms with Crippen LogP contribution in [0.4, 0.5) is 0 Å². The zero-order chi connectivity index (χ0) is 44.0. The van der Waals surface area contributed by atoms with Crippen LogP contribution in [0.2, 0.25) is 223 Å². The molecule has 0 nitrogen and oxygen atoms in total. The minimum absolute atomic E-state index is 1.35. The summed E-state index contributed by atoms with van der Waals surface area (Å²) in [5.41, 5.74) is 0. The monoisotopic (exact) mass is 1070 g/mol. The third-order valence-electron chi connectivity index (χ3n) is 26.3. The molecular formula is C34H102Si20. The Morgan fingerprint density at radius 1 is 0.167 bits per heavy atom. The highest BCUT2D eigenvalue weighted by atomic mass is 30.7. The summed E-state index contributed by atoms with van der Waals surface area (Å²) in [4.78, 5) is 0. The van der Waals surface area contributed by atoms with Crippen LogP contribution in [0.3, 0.4) is 0 Å². The Morgan fingerprint density at radius 3 is 0.352 bits per heavy atom. The molecule has 0 amide bonds. The summed E-state index contributed by atoms with van der Waals surface area (Å²) < 4.78 is 0. The van der Waals surface area contributed by atoms with Crippen molar-refractivity contribution >= 4 is 139 Å². The van der Waals surface area contributed by atoms with Gasteiger partial charge in [-0.2, -0.15) is 0 Å². The quantitative estimate of drug-likeness (QED) is 0.241. The Labute approximate surface area is 358 Å². The summed E-state index contributed by atoms with van der Waals surface area (Å²) in [6.07, 6.45) is -6.16. The fraction of sp³-hybridized carbons (Fsp3) is 1.00. The predicted octanol–water partition coefficient (Wildman–Crippen LogP) is 12.2. The van der Waals surface area contributed by atoms with Crippen LogP contribution in [0.15, 0.2) is 0 Å². The molecule has 6 fully saturated rings. The second kappa shape index (κ2) is 11.8. The molecule has 0 atom stereocenters. The lowest BCUT2D eigenvalue weighted by molar-refractivity contribution is 1.72. The lowest BCUT2D eigenvalue weighted by atomic mass is 11.8. The Morgan fingerprint density at radius 2 is 0.259 bits per heavy atom. The standard InChI is InChI=1S/C34H102Si20/c1-35(2,3)51-37(7,8)43(19,20)53(44(21,22)38(51,9)10,45(23,24)39(51,11)12)49(31,32)50(33,34)54-46(25,26)40(13,14)52(36(4,5)6,41(15,16)47(54,27)28)42(17,18)48(54,29)30/h1-34H3. The maximum absolute atomic E-state index is 3.47. The van der Waals surface area contributed by atoms with Crippen molar-refractivity contribution in [1.82, 2.24) is 0 Å². The van der Waals surface area contributed by atoms with E-state index in [9.17, 15) is 0 Å². The van der Waals surface area contributed by atoms with Crippen LogP contribution in [0.5, 0.6) is 0 Å². The minimum atomic E-state index is -1.72. The van der Waals surface area contributed by atoms with Crippen molar-refractivity contribution in [3.8, 4) is 0 Å². The van der Waals surface area contributed by atoms with Gasteiger partial charge in [-0.15, -0.1) is 0 Å². The van der Waals surface area contributed by atoms with Gasteiger partial charge < -0.3 is 0 Å². The van der Waals surface area contributed by atoms with Gasteiger partial charge in [0.15, 0.2) is 0 Å². The van der Waals surface area contributed by atoms with Crippen LogP contribution >= 0.6 is 0 Å². The highest BCUT2D eigenvalue weighted by Crippen LogP contribution is 2.72. The van der Waals surface area contributed by atoms with Crippen molar-refractivity contribution in [3.05, 3.63) is 0 Å². The first-order valence-corrected chi connectivity index (χ1v) is 103. The third-order valence-corrected chi connectivity index (χ3v) is 750. The Kier molecular flexibility index (Phi) is 11.1. The second-order valence-corrected chi connectivity index (χ2v) is 298. The van der Waals surface area contributed by atoms with Gasteiger partial charge in [-0.25, -0.2) is 0 Å². The fourth-order valence-electron chi connectivity index (χ4n) is 26.2. The summed E-state index contributed by atoms with van der Waals surface area (Å²) in [7, 11) is -24.1. The van der Waals surface area contributed by atoms with E-state index in [4.69, 9.17) is 0 Å². The molecule has 54 heavy (non-hydrogen) atoms. The average molecular weight is 1070 g/mol. The first kappa shape index (κ1) is 51.0. The number of fused-ring (bicyclic) bond motifs is 6. The van der Waals surface area contributed by atoms with Crippen LogP contribution in [-0.2, 0) is 0 Å². The van der Waals surface area contributed by atoms with Crippen molar-refractivity contribution in [2.45, 2.75) is 223 Å². The molecule has 0 aromatic carbocycles. The van der Waals surface area contributed by atoms with Crippen LogP contribution in [0, 0.1) is 0 Å². The second-order valence-electron chi connectivity index (χ2n) is 30.2. The summed E-state index contributed by atoms with van der Waals surface area (Å²) in [6.45, 7) is 112. The molecule has 0 aliphatic carbocycles. The molecule has 6 rings (SSSR count). The molecule has 6 saturated heterocycles. The average Bonchev–Trinajstić information content (AvgIpc) is 2.82. The highest BCUT2D eigenvalue weighted by molar-refractivity contribution is 8.52. The van der Waals surface area contributed by atoms with Crippen molar-refractivity contribution in [2.24, 2.45) is 0 Å². The molecule has 0 spiro atoms. The minimum Gasteiger partial charge on any atom is -0.0739 e. The molecule has 6 aliphatic rings. The largest absolute Gasteiger partial charge is 0.0739 e. The molecule has 0 unspecified atom stereocenters. The van der Waals surface area contributed by atoms with E-state index in [-0.39, 0.29) is 0 Å². The fourth-order valence-corrected chi connectivity index (χ4v) is 1700. The molecule has 4 bridgehead atoms. The Balaban J connectivity index is 2.46. The van der Waals surface area contributed by atoms with Gasteiger partial charge in [0.2, 0.25) is 0 Å². The number of rotatable bonds is 5. The molecule has 0 N–H and O–H groups in total. The van der Waals surface area contributed by atoms with E-state index in [2.05, 4.69) is 223 Å². The van der Waals surface area contributed by atoms with Crippen LogP contribution in [0.25, 0.3) is 0 Å². The van der Waals surface area contributed by atoms with E-state index < -0.39 is 139 Å². The van der Waals surface area contributed by atoms with Gasteiger partial charge in [-0.05, 0) is 0 Å². The molecule has 20 heteroatoms. The lowest BCUT2D eigenvalue weighted by Gasteiger charge is -2.96. The van der Waals surface area contributed by atoms with E-state index in [1.807, 2.05) is 0 Å². The molecule has 0 saturated carbocycles. The van der Waals surface area contributed by atoms with Crippen molar-refractivity contribution in [2.75, 3.05) is 0 Å². The molecule has 318 valence electrons. The van der Waals surface area contributed by atoms with Gasteiger partial charge in [0.25, 0.3) is 0 Å². The summed E-state index contributed by atoms with van der Waals surface area (Å²) in [6, 6.07) is 0. The Hall–Kier alpha value is 4.34. The SMILES string of the molecule is C[Si](C)(C)[Si]12[Si](C)(C)[Si](C)(C)[Si]([Si](C)(C)[Si](C)(C)[Si]34[Si](C)(C)[Si](C)(C)[Si]([Si](C)(C)C)([Si](C)(C)[Si]3(C)C)[Si](C)(C)[Si]4(C)C)([Si](C)(C)[Si]1(C)C)[Si](C)(C)[Si]2(C)C. The van der Waals surface area contributed by atoms with E-state index in [0.717, 1.165) is 0 Å². The summed E-state index contributed by atoms with van der Waals surface area (Å²) >= 11 is 0. The smallest absolute Gasteiger partial charge is 0.0306 e. The Bertz CT molecular complexity index is 1360. The molecular weight excluding hydrogens is 970 g/mol. The molecule has 0 radical (unpaired) electrons.